The highest BCUT2D eigenvalue weighted by atomic mass is 32.1. The maximum atomic E-state index is 12.7. The highest BCUT2D eigenvalue weighted by Gasteiger charge is 2.35. The highest BCUT2D eigenvalue weighted by molar-refractivity contribution is 7.80. The lowest BCUT2D eigenvalue weighted by Gasteiger charge is -2.14. The molecule has 0 unspecified atom stereocenters. The van der Waals surface area contributed by atoms with Gasteiger partial charge in [0.25, 0.3) is 5.91 Å². The molecule has 2 aromatic carbocycles. The molecule has 24 heavy (non-hydrogen) atoms. The average molecular weight is 335 g/mol. The van der Waals surface area contributed by atoms with Crippen molar-refractivity contribution in [2.75, 3.05) is 0 Å². The van der Waals surface area contributed by atoms with Crippen LogP contribution < -0.4 is 5.32 Å². The summed E-state index contributed by atoms with van der Waals surface area (Å²) in [6.07, 6.45) is 2.59. The van der Waals surface area contributed by atoms with Crippen LogP contribution in [-0.2, 0) is 17.8 Å². The molecule has 1 aliphatic rings. The van der Waals surface area contributed by atoms with Crippen LogP contribution in [0.4, 0.5) is 0 Å². The number of hydrogen-bond donors (Lipinski definition) is 2. The van der Waals surface area contributed by atoms with Crippen LogP contribution in [0.25, 0.3) is 10.9 Å². The third-order valence-corrected chi connectivity index (χ3v) is 4.73. The molecule has 3 aromatic rings. The van der Waals surface area contributed by atoms with Crippen molar-refractivity contribution in [1.82, 2.24) is 15.2 Å². The first-order chi connectivity index (χ1) is 11.7. The van der Waals surface area contributed by atoms with E-state index < -0.39 is 0 Å². The zero-order valence-electron chi connectivity index (χ0n) is 13.0. The van der Waals surface area contributed by atoms with E-state index in [1.165, 1.54) is 0 Å². The van der Waals surface area contributed by atoms with E-state index in [0.29, 0.717) is 18.1 Å². The van der Waals surface area contributed by atoms with Crippen molar-refractivity contribution >= 4 is 34.1 Å². The van der Waals surface area contributed by atoms with Gasteiger partial charge in [-0.15, -0.1) is 0 Å². The van der Waals surface area contributed by atoms with Gasteiger partial charge in [0.2, 0.25) is 0 Å². The summed E-state index contributed by atoms with van der Waals surface area (Å²) in [6.45, 7) is 0.510. The minimum absolute atomic E-state index is 0.0362. The number of hydrogen-bond acceptors (Lipinski definition) is 2. The number of nitrogens with one attached hydrogen (secondary N) is 2. The maximum Gasteiger partial charge on any atom is 0.251 e. The molecule has 1 aliphatic heterocycles. The molecule has 0 saturated carbocycles. The molecule has 0 spiro atoms. The van der Waals surface area contributed by atoms with Gasteiger partial charge in [-0.25, -0.2) is 0 Å². The molecule has 1 amide bonds. The topological polar surface area (TPSA) is 48.1 Å². The maximum absolute atomic E-state index is 12.7. The summed E-state index contributed by atoms with van der Waals surface area (Å²) in [4.78, 5) is 17.7. The molecule has 0 bridgehead atoms. The third-order valence-electron chi connectivity index (χ3n) is 4.39. The number of fused-ring (bicyclic) bond motifs is 1. The average Bonchev–Trinajstić information content (AvgIpc) is 3.13. The number of rotatable bonds is 4. The Balaban J connectivity index is 1.53. The third kappa shape index (κ3) is 2.67. The minimum atomic E-state index is -0.305. The molecule has 0 radical (unpaired) electrons. The molecule has 0 aliphatic carbocycles. The monoisotopic (exact) mass is 335 g/mol. The van der Waals surface area contributed by atoms with E-state index in [9.17, 15) is 4.79 Å². The van der Waals surface area contributed by atoms with E-state index in [0.717, 1.165) is 22.0 Å². The summed E-state index contributed by atoms with van der Waals surface area (Å²) in [5, 5.41) is 4.83. The molecule has 4 nitrogen and oxygen atoms in total. The second-order valence-corrected chi connectivity index (χ2v) is 6.36. The molecular weight excluding hydrogens is 318 g/mol. The number of para-hydroxylation sites is 1. The lowest BCUT2D eigenvalue weighted by Crippen LogP contribution is -2.32. The van der Waals surface area contributed by atoms with Gasteiger partial charge in [-0.1, -0.05) is 48.5 Å². The first kappa shape index (κ1) is 14.9. The van der Waals surface area contributed by atoms with E-state index in [1.807, 2.05) is 54.7 Å². The first-order valence-corrected chi connectivity index (χ1v) is 8.34. The van der Waals surface area contributed by atoms with Gasteiger partial charge in [0.1, 0.15) is 6.04 Å². The Morgan fingerprint density at radius 3 is 2.62 bits per heavy atom. The molecule has 4 rings (SSSR count). The zero-order valence-corrected chi connectivity index (χ0v) is 13.8. The SMILES string of the molecule is O=C1[C@H](Cc2c[nH]c3ccccc23)NC(=S)N1Cc1ccccc1. The molecule has 1 aromatic heterocycles. The van der Waals surface area contributed by atoms with Gasteiger partial charge in [0.05, 0.1) is 6.54 Å². The van der Waals surface area contributed by atoms with E-state index in [4.69, 9.17) is 12.2 Å². The minimum Gasteiger partial charge on any atom is -0.361 e. The Kier molecular flexibility index (Phi) is 3.78. The number of nitrogens with zero attached hydrogens (tertiary/aromatic N) is 1. The number of benzene rings is 2. The van der Waals surface area contributed by atoms with Crippen LogP contribution in [0.5, 0.6) is 0 Å². The van der Waals surface area contributed by atoms with Gasteiger partial charge < -0.3 is 10.3 Å². The van der Waals surface area contributed by atoms with Crippen LogP contribution in [0, 0.1) is 0 Å². The second kappa shape index (κ2) is 6.09. The number of aromatic amines is 1. The molecular formula is C19H17N3OS. The summed E-state index contributed by atoms with van der Waals surface area (Å²) in [7, 11) is 0. The van der Waals surface area contributed by atoms with E-state index in [-0.39, 0.29) is 11.9 Å². The summed E-state index contributed by atoms with van der Waals surface area (Å²) in [5.74, 6) is 0.0362. The Bertz CT molecular complexity index is 903. The summed E-state index contributed by atoms with van der Waals surface area (Å²) >= 11 is 5.37. The Labute approximate surface area is 145 Å². The van der Waals surface area contributed by atoms with E-state index in [2.05, 4.69) is 16.4 Å². The van der Waals surface area contributed by atoms with Gasteiger partial charge in [0.15, 0.2) is 5.11 Å². The smallest absolute Gasteiger partial charge is 0.251 e. The van der Waals surface area contributed by atoms with Crippen LogP contribution >= 0.6 is 12.2 Å². The lowest BCUT2D eigenvalue weighted by atomic mass is 10.0. The standard InChI is InChI=1S/C19H17N3OS/c23-18-17(10-14-11-20-16-9-5-4-8-15(14)16)21-19(24)22(18)12-13-6-2-1-3-7-13/h1-9,11,17,20H,10,12H2,(H,21,24)/t17-/m0/s1. The predicted molar refractivity (Wildman–Crippen MR) is 98.5 cm³/mol. The number of amides is 1. The van der Waals surface area contributed by atoms with Crippen molar-refractivity contribution in [2.45, 2.75) is 19.0 Å². The molecule has 120 valence electrons. The molecule has 2 N–H and O–H groups in total. The largest absolute Gasteiger partial charge is 0.361 e. The van der Waals surface area contributed by atoms with E-state index >= 15 is 0 Å². The summed E-state index contributed by atoms with van der Waals surface area (Å²) in [5.41, 5.74) is 3.28. The van der Waals surface area contributed by atoms with Gasteiger partial charge in [-0.05, 0) is 29.4 Å². The lowest BCUT2D eigenvalue weighted by molar-refractivity contribution is -0.127. The normalized spacial score (nSPS) is 17.5. The van der Waals surface area contributed by atoms with Crippen molar-refractivity contribution < 1.29 is 4.79 Å². The summed E-state index contributed by atoms with van der Waals surface area (Å²) < 4.78 is 0. The fourth-order valence-electron chi connectivity index (χ4n) is 3.15. The van der Waals surface area contributed by atoms with Gasteiger partial charge in [-0.2, -0.15) is 0 Å². The van der Waals surface area contributed by atoms with Crippen LogP contribution in [0.3, 0.4) is 0 Å². The van der Waals surface area contributed by atoms with Gasteiger partial charge in [-0.3, -0.25) is 9.69 Å². The number of H-pyrrole nitrogens is 1. The number of carbonyl (C=O) groups is 1. The Morgan fingerprint density at radius 2 is 1.79 bits per heavy atom. The van der Waals surface area contributed by atoms with Crippen molar-refractivity contribution in [2.24, 2.45) is 0 Å². The quantitative estimate of drug-likeness (QED) is 0.721. The molecule has 2 heterocycles. The van der Waals surface area contributed by atoms with Gasteiger partial charge in [0, 0.05) is 23.5 Å². The zero-order chi connectivity index (χ0) is 16.5. The molecule has 1 fully saturated rings. The van der Waals surface area contributed by atoms with E-state index in [1.54, 1.807) is 4.90 Å². The summed E-state index contributed by atoms with van der Waals surface area (Å²) in [6, 6.07) is 17.7. The van der Waals surface area contributed by atoms with Crippen LogP contribution in [0.15, 0.2) is 60.8 Å². The fourth-order valence-corrected chi connectivity index (χ4v) is 3.45. The molecule has 1 saturated heterocycles. The van der Waals surface area contributed by atoms with Gasteiger partial charge >= 0.3 is 0 Å². The van der Waals surface area contributed by atoms with Crippen molar-refractivity contribution in [1.29, 1.82) is 0 Å². The molecule has 5 heteroatoms. The van der Waals surface area contributed by atoms with Crippen LogP contribution in [0.1, 0.15) is 11.1 Å². The fraction of sp³-hybridized carbons (Fsp3) is 0.158. The number of carbonyl (C=O) groups excluding carboxylic acids is 1. The molecule has 1 atom stereocenters. The number of thiocarbonyl (C=S) groups is 1. The van der Waals surface area contributed by atoms with Crippen LogP contribution in [-0.4, -0.2) is 26.9 Å². The number of aromatic nitrogens is 1. The highest BCUT2D eigenvalue weighted by Crippen LogP contribution is 2.21. The van der Waals surface area contributed by atoms with Crippen molar-refractivity contribution in [3.63, 3.8) is 0 Å². The first-order valence-electron chi connectivity index (χ1n) is 7.93. The van der Waals surface area contributed by atoms with Crippen LogP contribution in [0.2, 0.25) is 0 Å². The predicted octanol–water partition coefficient (Wildman–Crippen LogP) is 3.00. The Hall–Kier alpha value is -2.66. The second-order valence-electron chi connectivity index (χ2n) is 5.98. The van der Waals surface area contributed by atoms with Crippen molar-refractivity contribution in [3.05, 3.63) is 71.9 Å². The van der Waals surface area contributed by atoms with Crippen molar-refractivity contribution in [3.8, 4) is 0 Å². The Morgan fingerprint density at radius 1 is 1.04 bits per heavy atom.